The fraction of sp³-hybridized carbons (Fsp3) is 0.367. The van der Waals surface area contributed by atoms with Crippen molar-refractivity contribution in [1.82, 2.24) is 15.1 Å². The number of carbonyl (C=O) groups is 1. The number of anilines is 1. The van der Waals surface area contributed by atoms with Crippen molar-refractivity contribution in [3.63, 3.8) is 0 Å². The third-order valence-corrected chi connectivity index (χ3v) is 7.48. The summed E-state index contributed by atoms with van der Waals surface area (Å²) < 4.78 is 41.8. The molecule has 41 heavy (non-hydrogen) atoms. The summed E-state index contributed by atoms with van der Waals surface area (Å²) in [5.41, 5.74) is 12.1. The van der Waals surface area contributed by atoms with Crippen LogP contribution in [-0.2, 0) is 12.7 Å². The van der Waals surface area contributed by atoms with Crippen molar-refractivity contribution in [1.29, 1.82) is 0 Å². The topological polar surface area (TPSA) is 99.6 Å². The Morgan fingerprint density at radius 3 is 2.49 bits per heavy atom. The molecular weight excluding hydrogens is 553 g/mol. The number of likely N-dealkylation sites (N-methyl/N-ethyl adjacent to an activating group) is 1. The molecule has 11 heteroatoms. The number of amides is 1. The lowest BCUT2D eigenvalue weighted by Gasteiger charge is -2.33. The van der Waals surface area contributed by atoms with Gasteiger partial charge in [-0.3, -0.25) is 9.69 Å². The van der Waals surface area contributed by atoms with Gasteiger partial charge in [-0.1, -0.05) is 23.6 Å². The van der Waals surface area contributed by atoms with E-state index in [9.17, 15) is 18.0 Å². The van der Waals surface area contributed by atoms with E-state index in [1.807, 2.05) is 11.9 Å². The number of benzene rings is 2. The first-order valence-corrected chi connectivity index (χ1v) is 13.8. The summed E-state index contributed by atoms with van der Waals surface area (Å²) in [6.45, 7) is 3.17. The molecule has 1 aliphatic carbocycles. The second-order valence-electron chi connectivity index (χ2n) is 10.4. The van der Waals surface area contributed by atoms with Gasteiger partial charge < -0.3 is 27.0 Å². The number of halogens is 4. The van der Waals surface area contributed by atoms with Crippen LogP contribution in [0.2, 0.25) is 5.02 Å². The molecule has 1 saturated heterocycles. The van der Waals surface area contributed by atoms with Crippen molar-refractivity contribution in [3.8, 4) is 11.8 Å². The predicted octanol–water partition coefficient (Wildman–Crippen LogP) is 4.49. The maximum atomic E-state index is 13.9. The van der Waals surface area contributed by atoms with Gasteiger partial charge in [-0.05, 0) is 80.3 Å². The number of piperazine rings is 1. The minimum atomic E-state index is -4.56. The summed E-state index contributed by atoms with van der Waals surface area (Å²) in [6.07, 6.45) is 2.00. The molecule has 0 unspecified atom stereocenters. The van der Waals surface area contributed by atoms with Crippen LogP contribution < -0.4 is 22.1 Å². The molecule has 0 atom stereocenters. The zero-order chi connectivity index (χ0) is 29.6. The highest BCUT2D eigenvalue weighted by atomic mass is 35.5. The number of allylic oxidation sites excluding steroid dienone is 3. The van der Waals surface area contributed by atoms with Crippen LogP contribution in [0.25, 0.3) is 0 Å². The van der Waals surface area contributed by atoms with E-state index < -0.39 is 17.6 Å². The summed E-state index contributed by atoms with van der Waals surface area (Å²) in [6, 6.07) is 8.72. The van der Waals surface area contributed by atoms with Gasteiger partial charge in [0.2, 0.25) is 0 Å². The number of nitrogens with zero attached hydrogens (tertiary/aromatic N) is 2. The number of hydrogen-bond acceptors (Lipinski definition) is 6. The van der Waals surface area contributed by atoms with Gasteiger partial charge in [0.15, 0.2) is 0 Å². The zero-order valence-electron chi connectivity index (χ0n) is 22.8. The first kappa shape index (κ1) is 30.3. The Morgan fingerprint density at radius 2 is 1.83 bits per heavy atom. The van der Waals surface area contributed by atoms with Crippen molar-refractivity contribution in [3.05, 3.63) is 87.3 Å². The van der Waals surface area contributed by atoms with Gasteiger partial charge in [-0.15, -0.1) is 0 Å². The molecule has 1 amide bonds. The Kier molecular flexibility index (Phi) is 9.86. The normalized spacial score (nSPS) is 17.4. The maximum absolute atomic E-state index is 13.9. The number of rotatable bonds is 7. The molecule has 1 aliphatic heterocycles. The van der Waals surface area contributed by atoms with Gasteiger partial charge in [0.05, 0.1) is 22.1 Å². The van der Waals surface area contributed by atoms with E-state index in [2.05, 4.69) is 27.4 Å². The summed E-state index contributed by atoms with van der Waals surface area (Å²) in [5, 5.41) is 6.05. The Balaban J connectivity index is 1.45. The van der Waals surface area contributed by atoms with E-state index in [0.717, 1.165) is 32.0 Å². The highest BCUT2D eigenvalue weighted by Crippen LogP contribution is 2.35. The third-order valence-electron chi connectivity index (χ3n) is 7.15. The first-order valence-electron chi connectivity index (χ1n) is 13.4. The van der Waals surface area contributed by atoms with Crippen LogP contribution in [-0.4, -0.2) is 55.0 Å². The highest BCUT2D eigenvalue weighted by Gasteiger charge is 2.34. The minimum absolute atomic E-state index is 0.0408. The molecule has 0 radical (unpaired) electrons. The van der Waals surface area contributed by atoms with E-state index in [4.69, 9.17) is 23.1 Å². The lowest BCUT2D eigenvalue weighted by atomic mass is 9.93. The summed E-state index contributed by atoms with van der Waals surface area (Å²) >= 11 is 6.26. The molecule has 2 fully saturated rings. The predicted molar refractivity (Wildman–Crippen MR) is 156 cm³/mol. The van der Waals surface area contributed by atoms with Crippen LogP contribution in [0.5, 0.6) is 0 Å². The van der Waals surface area contributed by atoms with E-state index in [1.54, 1.807) is 12.2 Å². The van der Waals surface area contributed by atoms with Crippen molar-refractivity contribution in [2.75, 3.05) is 38.5 Å². The number of nitrogens with one attached hydrogen (secondary N) is 2. The maximum Gasteiger partial charge on any atom is 0.416 e. The fourth-order valence-corrected chi connectivity index (χ4v) is 4.63. The average Bonchev–Trinajstić information content (AvgIpc) is 2.90. The second kappa shape index (κ2) is 13.3. The van der Waals surface area contributed by atoms with E-state index >= 15 is 0 Å². The van der Waals surface area contributed by atoms with Crippen molar-refractivity contribution in [2.45, 2.75) is 38.0 Å². The molecule has 1 heterocycles. The molecule has 7 nitrogen and oxygen atoms in total. The number of hydrogen-bond donors (Lipinski definition) is 4. The molecular formula is C30H34ClF3N6O. The molecule has 218 valence electrons. The summed E-state index contributed by atoms with van der Waals surface area (Å²) in [5.74, 6) is 5.51. The van der Waals surface area contributed by atoms with Gasteiger partial charge in [0.25, 0.3) is 5.91 Å². The first-order chi connectivity index (χ1) is 19.5. The van der Waals surface area contributed by atoms with Gasteiger partial charge in [-0.2, -0.15) is 13.2 Å². The third kappa shape index (κ3) is 8.67. The lowest BCUT2D eigenvalue weighted by Crippen LogP contribution is -2.44. The van der Waals surface area contributed by atoms with Crippen LogP contribution in [0, 0.1) is 11.8 Å². The lowest BCUT2D eigenvalue weighted by molar-refractivity contribution is -0.138. The molecule has 1 saturated carbocycles. The molecule has 6 N–H and O–H groups in total. The molecule has 0 bridgehead atoms. The van der Waals surface area contributed by atoms with Crippen LogP contribution >= 0.6 is 11.6 Å². The molecule has 0 spiro atoms. The van der Waals surface area contributed by atoms with Gasteiger partial charge in [-0.25, -0.2) is 0 Å². The summed E-state index contributed by atoms with van der Waals surface area (Å²) in [4.78, 5) is 17.1. The molecule has 2 aromatic rings. The van der Waals surface area contributed by atoms with Gasteiger partial charge >= 0.3 is 6.18 Å². The van der Waals surface area contributed by atoms with E-state index in [1.165, 1.54) is 36.8 Å². The van der Waals surface area contributed by atoms with Crippen molar-refractivity contribution >= 4 is 23.2 Å². The van der Waals surface area contributed by atoms with Gasteiger partial charge in [0.1, 0.15) is 0 Å². The molecule has 4 rings (SSSR count). The van der Waals surface area contributed by atoms with Gasteiger partial charge in [0, 0.05) is 55.6 Å². The largest absolute Gasteiger partial charge is 0.416 e. The smallest absolute Gasteiger partial charge is 0.392 e. The van der Waals surface area contributed by atoms with E-state index in [-0.39, 0.29) is 29.1 Å². The highest BCUT2D eigenvalue weighted by molar-refractivity contribution is 6.32. The molecule has 0 aromatic heterocycles. The van der Waals surface area contributed by atoms with Crippen LogP contribution in [0.1, 0.15) is 46.3 Å². The second-order valence-corrected chi connectivity index (χ2v) is 10.8. The minimum Gasteiger partial charge on any atom is -0.392 e. The fourth-order valence-electron chi connectivity index (χ4n) is 4.47. The Labute approximate surface area is 243 Å². The van der Waals surface area contributed by atoms with Crippen LogP contribution in [0.15, 0.2) is 60.1 Å². The van der Waals surface area contributed by atoms with Crippen molar-refractivity contribution in [2.24, 2.45) is 11.5 Å². The number of carbonyl (C=O) groups excluding carboxylic acids is 1. The summed E-state index contributed by atoms with van der Waals surface area (Å²) in [7, 11) is 1.99. The molecule has 2 aliphatic rings. The Bertz CT molecular complexity index is 1380. The Hall–Kier alpha value is -3.65. The Morgan fingerprint density at radius 1 is 1.10 bits per heavy atom. The molecule has 2 aromatic carbocycles. The monoisotopic (exact) mass is 586 g/mol. The zero-order valence-corrected chi connectivity index (χ0v) is 23.6. The van der Waals surface area contributed by atoms with E-state index in [0.29, 0.717) is 35.5 Å². The van der Waals surface area contributed by atoms with Crippen LogP contribution in [0.4, 0.5) is 18.9 Å². The SMILES string of the molecule is CN1CCN(Cc2ccc(NC(=O)c3ccc(Cl)c(C#C/C(N)=C/C=C(\N)NC4CCC4)c3)cc2C(F)(F)F)CC1. The number of alkyl halides is 3. The number of nitrogens with two attached hydrogens (primary N) is 2. The average molecular weight is 587 g/mol. The van der Waals surface area contributed by atoms with Crippen LogP contribution in [0.3, 0.4) is 0 Å². The standard InChI is InChI=1S/C30H34ClF3N6O/c1-39-13-15-40(16-14-39)19-22-6-10-25(18-26(22)30(32,33)34)38-29(41)21-7-11-27(31)20(17-21)5-8-23(35)9-12-28(36)37-24-3-2-4-24/h6-7,9-12,17-18,24,37H,2-4,13-16,19,35-36H2,1H3,(H,38,41)/b23-9-,28-12+. The quantitative estimate of drug-likeness (QED) is 0.282. The van der Waals surface area contributed by atoms with Crippen molar-refractivity contribution < 1.29 is 18.0 Å².